The molecule has 0 atom stereocenters. The Labute approximate surface area is 126 Å². The molecule has 1 aromatic carbocycles. The quantitative estimate of drug-likeness (QED) is 0.496. The van der Waals surface area contributed by atoms with Gasteiger partial charge in [0, 0.05) is 17.2 Å². The second-order valence-electron chi connectivity index (χ2n) is 4.28. The number of hydrogen-bond acceptors (Lipinski definition) is 6. The average molecular weight is 301 g/mol. The number of rotatable bonds is 5. The predicted octanol–water partition coefficient (Wildman–Crippen LogP) is 2.79. The van der Waals surface area contributed by atoms with Crippen molar-refractivity contribution in [2.24, 2.45) is 5.84 Å². The third-order valence-electron chi connectivity index (χ3n) is 2.84. The summed E-state index contributed by atoms with van der Waals surface area (Å²) in [5, 5.41) is 0.813. The number of nitrogen functional groups attached to an aromatic ring is 1. The van der Waals surface area contributed by atoms with E-state index >= 15 is 0 Å². The average Bonchev–Trinajstić information content (AvgIpc) is 2.89. The lowest BCUT2D eigenvalue weighted by Gasteiger charge is -2.01. The van der Waals surface area contributed by atoms with E-state index < -0.39 is 0 Å². The Kier molecular flexibility index (Phi) is 3.94. The van der Waals surface area contributed by atoms with Crippen LogP contribution >= 0.6 is 11.8 Å². The minimum absolute atomic E-state index is 0.620. The number of aromatic nitrogens is 3. The van der Waals surface area contributed by atoms with Crippen LogP contribution in [0.5, 0.6) is 5.75 Å². The number of nitrogens with two attached hydrogens (primary N) is 1. The molecule has 0 spiro atoms. The van der Waals surface area contributed by atoms with Crippen LogP contribution in [0.25, 0.3) is 11.0 Å². The summed E-state index contributed by atoms with van der Waals surface area (Å²) in [5.74, 6) is 6.82. The van der Waals surface area contributed by atoms with Crippen LogP contribution in [0.1, 0.15) is 6.92 Å². The molecule has 4 N–H and O–H groups in total. The van der Waals surface area contributed by atoms with Gasteiger partial charge in [0.15, 0.2) is 5.16 Å². The number of pyridine rings is 1. The van der Waals surface area contributed by atoms with Crippen molar-refractivity contribution < 1.29 is 4.74 Å². The molecule has 0 fully saturated rings. The Morgan fingerprint density at radius 3 is 3.05 bits per heavy atom. The van der Waals surface area contributed by atoms with Gasteiger partial charge in [0.1, 0.15) is 11.6 Å². The SMILES string of the molecule is CCOc1ccc2nc(Sc3ccnc(NN)c3)[nH]c2c1. The van der Waals surface area contributed by atoms with Crippen LogP contribution in [-0.2, 0) is 0 Å². The minimum atomic E-state index is 0.620. The van der Waals surface area contributed by atoms with Crippen molar-refractivity contribution in [1.82, 2.24) is 15.0 Å². The van der Waals surface area contributed by atoms with Crippen molar-refractivity contribution in [3.8, 4) is 5.75 Å². The van der Waals surface area contributed by atoms with Crippen LogP contribution in [0.3, 0.4) is 0 Å². The highest BCUT2D eigenvalue weighted by Crippen LogP contribution is 2.29. The number of imidazole rings is 1. The molecule has 0 aliphatic heterocycles. The number of ether oxygens (including phenoxy) is 1. The number of fused-ring (bicyclic) bond motifs is 1. The zero-order chi connectivity index (χ0) is 14.7. The number of benzene rings is 1. The van der Waals surface area contributed by atoms with Gasteiger partial charge in [-0.25, -0.2) is 15.8 Å². The molecule has 6 nitrogen and oxygen atoms in total. The molecular weight excluding hydrogens is 286 g/mol. The fourth-order valence-corrected chi connectivity index (χ4v) is 2.76. The van der Waals surface area contributed by atoms with Gasteiger partial charge in [0.2, 0.25) is 0 Å². The third kappa shape index (κ3) is 3.09. The van der Waals surface area contributed by atoms with Crippen LogP contribution in [0.4, 0.5) is 5.82 Å². The molecule has 2 aromatic heterocycles. The lowest BCUT2D eigenvalue weighted by molar-refractivity contribution is 0.340. The zero-order valence-electron chi connectivity index (χ0n) is 11.5. The van der Waals surface area contributed by atoms with E-state index in [0.29, 0.717) is 12.4 Å². The Bertz CT molecular complexity index is 758. The highest BCUT2D eigenvalue weighted by molar-refractivity contribution is 7.99. The number of nitrogens with one attached hydrogen (secondary N) is 2. The number of H-pyrrole nitrogens is 1. The third-order valence-corrected chi connectivity index (χ3v) is 3.71. The molecule has 0 amide bonds. The number of hydrogen-bond donors (Lipinski definition) is 3. The van der Waals surface area contributed by atoms with Gasteiger partial charge in [-0.2, -0.15) is 0 Å². The van der Waals surface area contributed by atoms with Gasteiger partial charge >= 0.3 is 0 Å². The molecule has 2 heterocycles. The van der Waals surface area contributed by atoms with Crippen molar-refractivity contribution in [2.45, 2.75) is 17.0 Å². The summed E-state index contributed by atoms with van der Waals surface area (Å²) >= 11 is 1.52. The molecule has 21 heavy (non-hydrogen) atoms. The molecule has 3 rings (SSSR count). The van der Waals surface area contributed by atoms with E-state index in [1.165, 1.54) is 11.8 Å². The summed E-state index contributed by atoms with van der Waals surface area (Å²) in [6.07, 6.45) is 1.70. The Balaban J connectivity index is 1.86. The molecule has 0 saturated carbocycles. The number of aromatic amines is 1. The minimum Gasteiger partial charge on any atom is -0.494 e. The Morgan fingerprint density at radius 2 is 2.24 bits per heavy atom. The summed E-state index contributed by atoms with van der Waals surface area (Å²) in [4.78, 5) is 12.9. The number of hydrazine groups is 1. The molecule has 0 saturated heterocycles. The smallest absolute Gasteiger partial charge is 0.171 e. The highest BCUT2D eigenvalue weighted by Gasteiger charge is 2.06. The maximum absolute atomic E-state index is 5.49. The molecule has 0 bridgehead atoms. The summed E-state index contributed by atoms with van der Waals surface area (Å²) < 4.78 is 5.49. The summed E-state index contributed by atoms with van der Waals surface area (Å²) in [5.41, 5.74) is 4.39. The van der Waals surface area contributed by atoms with E-state index in [0.717, 1.165) is 26.8 Å². The van der Waals surface area contributed by atoms with Crippen molar-refractivity contribution in [3.63, 3.8) is 0 Å². The van der Waals surface area contributed by atoms with Crippen LogP contribution < -0.4 is 16.0 Å². The van der Waals surface area contributed by atoms with Crippen LogP contribution in [0.2, 0.25) is 0 Å². The standard InChI is InChI=1S/C14H15N5OS/c1-2-20-9-3-4-11-12(7-9)18-14(17-11)21-10-5-6-16-13(8-10)19-15/h3-8H,2,15H2,1H3,(H,16,19)(H,17,18). The second-order valence-corrected chi connectivity index (χ2v) is 5.34. The largest absolute Gasteiger partial charge is 0.494 e. The van der Waals surface area contributed by atoms with Crippen molar-refractivity contribution >= 4 is 28.6 Å². The fraction of sp³-hybridized carbons (Fsp3) is 0.143. The predicted molar refractivity (Wildman–Crippen MR) is 83.4 cm³/mol. The number of anilines is 1. The summed E-state index contributed by atoms with van der Waals surface area (Å²) in [6.45, 7) is 2.61. The van der Waals surface area contributed by atoms with E-state index in [9.17, 15) is 0 Å². The second kappa shape index (κ2) is 6.02. The maximum Gasteiger partial charge on any atom is 0.171 e. The molecule has 0 aliphatic carbocycles. The first-order valence-electron chi connectivity index (χ1n) is 6.51. The van der Waals surface area contributed by atoms with E-state index in [1.807, 2.05) is 37.3 Å². The van der Waals surface area contributed by atoms with Crippen LogP contribution in [0.15, 0.2) is 46.6 Å². The van der Waals surface area contributed by atoms with Gasteiger partial charge in [-0.05, 0) is 31.2 Å². The maximum atomic E-state index is 5.49. The van der Waals surface area contributed by atoms with Crippen LogP contribution in [0, 0.1) is 0 Å². The van der Waals surface area contributed by atoms with E-state index in [4.69, 9.17) is 10.6 Å². The highest BCUT2D eigenvalue weighted by atomic mass is 32.2. The van der Waals surface area contributed by atoms with Crippen molar-refractivity contribution in [2.75, 3.05) is 12.0 Å². The van der Waals surface area contributed by atoms with Gasteiger partial charge in [0.05, 0.1) is 17.6 Å². The normalized spacial score (nSPS) is 10.8. The molecule has 108 valence electrons. The van der Waals surface area contributed by atoms with Crippen molar-refractivity contribution in [3.05, 3.63) is 36.5 Å². The summed E-state index contributed by atoms with van der Waals surface area (Å²) in [6, 6.07) is 9.59. The van der Waals surface area contributed by atoms with E-state index in [-0.39, 0.29) is 0 Å². The van der Waals surface area contributed by atoms with Gasteiger partial charge in [0.25, 0.3) is 0 Å². The van der Waals surface area contributed by atoms with Gasteiger partial charge in [-0.3, -0.25) is 0 Å². The molecule has 0 radical (unpaired) electrons. The molecular formula is C14H15N5OS. The first-order valence-corrected chi connectivity index (χ1v) is 7.33. The topological polar surface area (TPSA) is 88.8 Å². The van der Waals surface area contributed by atoms with E-state index in [2.05, 4.69) is 20.4 Å². The lowest BCUT2D eigenvalue weighted by atomic mass is 10.3. The van der Waals surface area contributed by atoms with Gasteiger partial charge in [-0.1, -0.05) is 11.8 Å². The number of nitrogens with zero attached hydrogens (tertiary/aromatic N) is 2. The van der Waals surface area contributed by atoms with E-state index in [1.54, 1.807) is 6.20 Å². The monoisotopic (exact) mass is 301 g/mol. The van der Waals surface area contributed by atoms with Crippen molar-refractivity contribution in [1.29, 1.82) is 0 Å². The molecule has 0 aliphatic rings. The lowest BCUT2D eigenvalue weighted by Crippen LogP contribution is -2.07. The molecule has 0 unspecified atom stereocenters. The molecule has 3 aromatic rings. The summed E-state index contributed by atoms with van der Waals surface area (Å²) in [7, 11) is 0. The Hall–Kier alpha value is -2.25. The fourth-order valence-electron chi connectivity index (χ4n) is 1.94. The van der Waals surface area contributed by atoms with Crippen LogP contribution in [-0.4, -0.2) is 21.6 Å². The Morgan fingerprint density at radius 1 is 1.33 bits per heavy atom. The first-order chi connectivity index (χ1) is 10.3. The van der Waals surface area contributed by atoms with Gasteiger partial charge < -0.3 is 15.1 Å². The first kappa shape index (κ1) is 13.7. The molecule has 7 heteroatoms. The zero-order valence-corrected chi connectivity index (χ0v) is 12.3. The van der Waals surface area contributed by atoms with Gasteiger partial charge in [-0.15, -0.1) is 0 Å².